The molecule has 8 nitrogen and oxygen atoms in total. The Hall–Kier alpha value is -1.87. The summed E-state index contributed by atoms with van der Waals surface area (Å²) in [6.45, 7) is 5.60. The van der Waals surface area contributed by atoms with E-state index in [9.17, 15) is 19.5 Å². The number of carbonyl (C=O) groups excluding carboxylic acids is 2. The second kappa shape index (κ2) is 9.14. The van der Waals surface area contributed by atoms with Gasteiger partial charge in [0.05, 0.1) is 26.4 Å². The summed E-state index contributed by atoms with van der Waals surface area (Å²) in [5.74, 6) is -4.13. The van der Waals surface area contributed by atoms with Crippen LogP contribution in [0.5, 0.6) is 0 Å². The lowest BCUT2D eigenvalue weighted by Crippen LogP contribution is -2.59. The van der Waals surface area contributed by atoms with Gasteiger partial charge in [0.15, 0.2) is 17.7 Å². The van der Waals surface area contributed by atoms with Crippen molar-refractivity contribution in [2.45, 2.75) is 11.7 Å². The lowest BCUT2D eigenvalue weighted by Gasteiger charge is -2.28. The number of rotatable bonds is 12. The highest BCUT2D eigenvalue weighted by atomic mass is 16.6. The van der Waals surface area contributed by atoms with Crippen molar-refractivity contribution in [2.75, 3.05) is 26.4 Å². The molecule has 0 saturated heterocycles. The number of carboxylic acids is 1. The van der Waals surface area contributed by atoms with Gasteiger partial charge < -0.3 is 24.8 Å². The molecule has 1 unspecified atom stereocenters. The highest BCUT2D eigenvalue weighted by molar-refractivity contribution is 6.20. The number of carbonyl (C=O) groups is 3. The monoisotopic (exact) mass is 302 g/mol. The van der Waals surface area contributed by atoms with E-state index < -0.39 is 29.2 Å². The first-order valence-corrected chi connectivity index (χ1v) is 5.95. The second-order valence-electron chi connectivity index (χ2n) is 3.83. The van der Waals surface area contributed by atoms with Crippen LogP contribution in [0.15, 0.2) is 25.3 Å². The molecule has 0 radical (unpaired) electrons. The second-order valence-corrected chi connectivity index (χ2v) is 3.83. The summed E-state index contributed by atoms with van der Waals surface area (Å²) < 4.78 is 9.71. The number of carboxylic acid groups (broad SMARTS) is 1. The van der Waals surface area contributed by atoms with Gasteiger partial charge >= 0.3 is 5.97 Å². The number of aliphatic hydroxyl groups excluding tert-OH is 1. The van der Waals surface area contributed by atoms with Crippen LogP contribution in [0.4, 0.5) is 0 Å². The van der Waals surface area contributed by atoms with E-state index in [2.05, 4.69) is 13.2 Å². The largest absolute Gasteiger partial charge is 0.479 e. The van der Waals surface area contributed by atoms with Crippen molar-refractivity contribution in [3.8, 4) is 0 Å². The van der Waals surface area contributed by atoms with Gasteiger partial charge in [0.25, 0.3) is 0 Å². The zero-order valence-corrected chi connectivity index (χ0v) is 11.4. The molecule has 3 N–H and O–H groups in total. The number of hydrogen-bond acceptors (Lipinski definition) is 7. The van der Waals surface area contributed by atoms with E-state index in [1.165, 1.54) is 0 Å². The van der Waals surface area contributed by atoms with Gasteiger partial charge in [-0.1, -0.05) is 13.2 Å². The van der Waals surface area contributed by atoms with Crippen LogP contribution in [0.1, 0.15) is 0 Å². The molecule has 0 aliphatic carbocycles. The average molecular weight is 302 g/mol. The van der Waals surface area contributed by atoms with Crippen LogP contribution in [0.25, 0.3) is 0 Å². The predicted octanol–water partition coefficient (Wildman–Crippen LogP) is -1.29. The van der Waals surface area contributed by atoms with E-state index in [1.54, 1.807) is 0 Å². The topological polar surface area (TPSA) is 130 Å². The zero-order chi connectivity index (χ0) is 16.5. The maximum Gasteiger partial charge on any atom is 0.336 e. The molecule has 0 aromatic heterocycles. The molecule has 1 atom stereocenters. The summed E-state index contributed by atoms with van der Waals surface area (Å²) in [5, 5.41) is 27.7. The average Bonchev–Trinajstić information content (AvgIpc) is 2.47. The molecule has 0 aromatic rings. The summed E-state index contributed by atoms with van der Waals surface area (Å²) in [6, 6.07) is 0. The van der Waals surface area contributed by atoms with Gasteiger partial charge in [-0.3, -0.25) is 9.59 Å². The Bertz CT molecular complexity index is 394. The molecule has 0 bridgehead atoms. The number of aliphatic hydroxyl groups is 2. The van der Waals surface area contributed by atoms with Gasteiger partial charge in [-0.25, -0.2) is 4.79 Å². The van der Waals surface area contributed by atoms with Crippen LogP contribution < -0.4 is 0 Å². The Kier molecular flexibility index (Phi) is 8.32. The summed E-state index contributed by atoms with van der Waals surface area (Å²) in [5.41, 5.74) is -2.94. The van der Waals surface area contributed by atoms with Crippen LogP contribution >= 0.6 is 0 Å². The lowest BCUT2D eigenvalue weighted by atomic mass is 9.86. The first-order chi connectivity index (χ1) is 9.85. The molecule has 0 fully saturated rings. The fourth-order valence-electron chi connectivity index (χ4n) is 1.45. The van der Waals surface area contributed by atoms with Gasteiger partial charge in [0.1, 0.15) is 0 Å². The zero-order valence-electron chi connectivity index (χ0n) is 11.4. The van der Waals surface area contributed by atoms with Crippen LogP contribution in [0.2, 0.25) is 0 Å². The number of aliphatic carboxylic acids is 1. The smallest absolute Gasteiger partial charge is 0.336 e. The summed E-state index contributed by atoms with van der Waals surface area (Å²) >= 11 is 0. The molecular formula is C13H18O8. The minimum atomic E-state index is -2.94. The van der Waals surface area contributed by atoms with E-state index >= 15 is 0 Å². The van der Waals surface area contributed by atoms with Gasteiger partial charge in [0.2, 0.25) is 5.60 Å². The molecule has 0 aliphatic rings. The third-order valence-corrected chi connectivity index (χ3v) is 2.47. The van der Waals surface area contributed by atoms with Gasteiger partial charge in [-0.15, -0.1) is 0 Å². The van der Waals surface area contributed by atoms with E-state index in [4.69, 9.17) is 19.7 Å². The van der Waals surface area contributed by atoms with Crippen molar-refractivity contribution in [2.24, 2.45) is 0 Å². The van der Waals surface area contributed by atoms with Crippen LogP contribution in [-0.2, 0) is 23.9 Å². The Balaban J connectivity index is 5.13. The van der Waals surface area contributed by atoms with Gasteiger partial charge in [-0.05, 0) is 12.2 Å². The Morgan fingerprint density at radius 2 is 1.62 bits per heavy atom. The van der Waals surface area contributed by atoms with Crippen LogP contribution in [0.3, 0.4) is 0 Å². The first-order valence-electron chi connectivity index (χ1n) is 5.95. The molecule has 8 heteroatoms. The quantitative estimate of drug-likeness (QED) is 0.230. The third-order valence-electron chi connectivity index (χ3n) is 2.47. The Morgan fingerprint density at radius 3 is 2.00 bits per heavy atom. The van der Waals surface area contributed by atoms with Crippen molar-refractivity contribution < 1.29 is 39.2 Å². The Labute approximate surface area is 121 Å². The molecule has 0 rings (SSSR count). The molecular weight excluding hydrogens is 284 g/mol. The molecule has 118 valence electrons. The van der Waals surface area contributed by atoms with Crippen molar-refractivity contribution in [3.63, 3.8) is 0 Å². The molecule has 0 amide bonds. The highest BCUT2D eigenvalue weighted by Gasteiger charge is 2.52. The molecule has 0 aliphatic heterocycles. The molecule has 0 saturated carbocycles. The van der Waals surface area contributed by atoms with Crippen molar-refractivity contribution >= 4 is 17.5 Å². The SMILES string of the molecule is C=CC(=O)C(O)(C(=O)C=C)C(OCCOCCO)C(=O)O. The lowest BCUT2D eigenvalue weighted by molar-refractivity contribution is -0.181. The number of ether oxygens (including phenoxy) is 2. The number of ketones is 2. The highest BCUT2D eigenvalue weighted by Crippen LogP contribution is 2.19. The van der Waals surface area contributed by atoms with Gasteiger partial charge in [0, 0.05) is 0 Å². The molecule has 0 heterocycles. The maximum atomic E-state index is 11.7. The molecule has 21 heavy (non-hydrogen) atoms. The van der Waals surface area contributed by atoms with E-state index in [0.717, 1.165) is 0 Å². The van der Waals surface area contributed by atoms with Crippen molar-refractivity contribution in [1.29, 1.82) is 0 Å². The minimum Gasteiger partial charge on any atom is -0.479 e. The molecule has 0 spiro atoms. The van der Waals surface area contributed by atoms with E-state index in [1.807, 2.05) is 0 Å². The summed E-state index contributed by atoms with van der Waals surface area (Å²) in [6.07, 6.45) is -0.877. The normalized spacial score (nSPS) is 12.5. The van der Waals surface area contributed by atoms with Crippen LogP contribution in [-0.4, -0.2) is 71.0 Å². The fraction of sp³-hybridized carbons (Fsp3) is 0.462. The summed E-state index contributed by atoms with van der Waals surface area (Å²) in [7, 11) is 0. The van der Waals surface area contributed by atoms with E-state index in [0.29, 0.717) is 12.2 Å². The standard InChI is InChI=1S/C13H18O8/c1-3-9(15)13(19,10(16)4-2)11(12(17)18)21-8-7-20-6-5-14/h3-4,11,14,19H,1-2,5-8H2,(H,17,18). The van der Waals surface area contributed by atoms with Crippen LogP contribution in [0, 0.1) is 0 Å². The van der Waals surface area contributed by atoms with Gasteiger partial charge in [-0.2, -0.15) is 0 Å². The van der Waals surface area contributed by atoms with Crippen molar-refractivity contribution in [1.82, 2.24) is 0 Å². The first kappa shape index (κ1) is 19.1. The predicted molar refractivity (Wildman–Crippen MR) is 70.6 cm³/mol. The third kappa shape index (κ3) is 4.87. The molecule has 0 aromatic carbocycles. The number of hydrogen-bond donors (Lipinski definition) is 3. The maximum absolute atomic E-state index is 11.7. The fourth-order valence-corrected chi connectivity index (χ4v) is 1.45. The van der Waals surface area contributed by atoms with E-state index in [-0.39, 0.29) is 26.4 Å². The minimum absolute atomic E-state index is 0.0164. The Morgan fingerprint density at radius 1 is 1.10 bits per heavy atom. The summed E-state index contributed by atoms with van der Waals surface area (Å²) in [4.78, 5) is 34.5. The van der Waals surface area contributed by atoms with Crippen molar-refractivity contribution in [3.05, 3.63) is 25.3 Å².